The van der Waals surface area contributed by atoms with E-state index in [2.05, 4.69) is 38.7 Å². The molecular formula is C8H10BrN3S2. The number of thiophene rings is 1. The number of hydrogen-bond donors (Lipinski definition) is 2. The maximum atomic E-state index is 5.29. The third-order valence-corrected chi connectivity index (χ3v) is 3.49. The van der Waals surface area contributed by atoms with Gasteiger partial charge in [-0.25, -0.2) is 0 Å². The van der Waals surface area contributed by atoms with E-state index in [1.807, 2.05) is 18.4 Å². The summed E-state index contributed by atoms with van der Waals surface area (Å²) in [6.07, 6.45) is 0.828. The van der Waals surface area contributed by atoms with Crippen LogP contribution in [0.2, 0.25) is 0 Å². The van der Waals surface area contributed by atoms with Crippen LogP contribution in [0.4, 0.5) is 0 Å². The Morgan fingerprint density at radius 1 is 1.79 bits per heavy atom. The Morgan fingerprint density at radius 2 is 2.50 bits per heavy atom. The predicted molar refractivity (Wildman–Crippen MR) is 68.8 cm³/mol. The van der Waals surface area contributed by atoms with Crippen molar-refractivity contribution in [1.29, 1.82) is 0 Å². The van der Waals surface area contributed by atoms with E-state index in [9.17, 15) is 0 Å². The zero-order valence-corrected chi connectivity index (χ0v) is 10.8. The molecule has 0 aromatic carbocycles. The zero-order valence-electron chi connectivity index (χ0n) is 7.58. The molecule has 0 saturated heterocycles. The highest BCUT2D eigenvalue weighted by atomic mass is 79.9. The van der Waals surface area contributed by atoms with Gasteiger partial charge in [0.25, 0.3) is 0 Å². The van der Waals surface area contributed by atoms with Crippen molar-refractivity contribution in [2.24, 2.45) is 10.8 Å². The van der Waals surface area contributed by atoms with Crippen molar-refractivity contribution in [3.63, 3.8) is 0 Å². The SMILES string of the molecule is CCC(=NNC(N)=S)c1sccc1Br. The van der Waals surface area contributed by atoms with Gasteiger partial charge < -0.3 is 5.73 Å². The van der Waals surface area contributed by atoms with Crippen LogP contribution in [0.15, 0.2) is 21.0 Å². The second-order valence-corrected chi connectivity index (χ2v) is 4.70. The molecule has 0 aliphatic carbocycles. The highest BCUT2D eigenvalue weighted by molar-refractivity contribution is 9.10. The molecule has 1 heterocycles. The van der Waals surface area contributed by atoms with Gasteiger partial charge in [-0.2, -0.15) is 5.10 Å². The van der Waals surface area contributed by atoms with Crippen LogP contribution in [0.1, 0.15) is 18.2 Å². The van der Waals surface area contributed by atoms with E-state index in [4.69, 9.17) is 5.73 Å². The second-order valence-electron chi connectivity index (χ2n) is 2.49. The van der Waals surface area contributed by atoms with E-state index >= 15 is 0 Å². The Hall–Kier alpha value is -0.460. The van der Waals surface area contributed by atoms with E-state index in [1.54, 1.807) is 11.3 Å². The van der Waals surface area contributed by atoms with Crippen LogP contribution in [-0.2, 0) is 0 Å². The zero-order chi connectivity index (χ0) is 10.6. The van der Waals surface area contributed by atoms with Crippen LogP contribution in [0.25, 0.3) is 0 Å². The van der Waals surface area contributed by atoms with Gasteiger partial charge in [0.05, 0.1) is 10.6 Å². The minimum Gasteiger partial charge on any atom is -0.375 e. The molecule has 0 unspecified atom stereocenters. The molecule has 1 aromatic rings. The summed E-state index contributed by atoms with van der Waals surface area (Å²) in [6, 6.07) is 1.99. The summed E-state index contributed by atoms with van der Waals surface area (Å²) in [4.78, 5) is 1.11. The summed E-state index contributed by atoms with van der Waals surface area (Å²) in [6.45, 7) is 2.03. The first kappa shape index (κ1) is 11.6. The molecule has 0 radical (unpaired) electrons. The minimum absolute atomic E-state index is 0.184. The molecule has 1 aromatic heterocycles. The van der Waals surface area contributed by atoms with Crippen LogP contribution in [0.3, 0.4) is 0 Å². The molecule has 3 N–H and O–H groups in total. The first-order valence-electron chi connectivity index (χ1n) is 4.00. The molecule has 6 heteroatoms. The average Bonchev–Trinajstić information content (AvgIpc) is 2.53. The highest BCUT2D eigenvalue weighted by Gasteiger charge is 2.07. The van der Waals surface area contributed by atoms with Gasteiger partial charge in [0.15, 0.2) is 5.11 Å². The number of rotatable bonds is 3. The van der Waals surface area contributed by atoms with E-state index in [1.165, 1.54) is 0 Å². The lowest BCUT2D eigenvalue weighted by molar-refractivity contribution is 1.01. The largest absolute Gasteiger partial charge is 0.375 e. The van der Waals surface area contributed by atoms with Gasteiger partial charge in [-0.15, -0.1) is 11.3 Å². The lowest BCUT2D eigenvalue weighted by Crippen LogP contribution is -2.25. The highest BCUT2D eigenvalue weighted by Crippen LogP contribution is 2.24. The Kier molecular flexibility index (Phi) is 4.50. The van der Waals surface area contributed by atoms with Crippen molar-refractivity contribution < 1.29 is 0 Å². The lowest BCUT2D eigenvalue weighted by Gasteiger charge is -2.02. The van der Waals surface area contributed by atoms with Crippen molar-refractivity contribution in [3.8, 4) is 0 Å². The maximum absolute atomic E-state index is 5.29. The van der Waals surface area contributed by atoms with Crippen molar-refractivity contribution in [2.45, 2.75) is 13.3 Å². The normalized spacial score (nSPS) is 11.4. The fourth-order valence-corrected chi connectivity index (χ4v) is 2.62. The van der Waals surface area contributed by atoms with Crippen LogP contribution >= 0.6 is 39.5 Å². The van der Waals surface area contributed by atoms with Crippen LogP contribution < -0.4 is 11.2 Å². The number of hydrogen-bond acceptors (Lipinski definition) is 3. The third kappa shape index (κ3) is 3.04. The fourth-order valence-electron chi connectivity index (χ4n) is 0.913. The lowest BCUT2D eigenvalue weighted by atomic mass is 10.2. The Labute approximate surface area is 101 Å². The van der Waals surface area contributed by atoms with E-state index in [0.717, 1.165) is 21.5 Å². The number of nitrogens with two attached hydrogens (primary N) is 1. The Morgan fingerprint density at radius 3 is 2.93 bits per heavy atom. The van der Waals surface area contributed by atoms with Gasteiger partial charge in [-0.05, 0) is 46.0 Å². The summed E-state index contributed by atoms with van der Waals surface area (Å²) in [5.74, 6) is 0. The quantitative estimate of drug-likeness (QED) is 0.511. The maximum Gasteiger partial charge on any atom is 0.184 e. The number of nitrogens with one attached hydrogen (secondary N) is 1. The van der Waals surface area contributed by atoms with Gasteiger partial charge >= 0.3 is 0 Å². The molecule has 0 aliphatic heterocycles. The molecular weight excluding hydrogens is 282 g/mol. The molecule has 0 amide bonds. The summed E-state index contributed by atoms with van der Waals surface area (Å²) in [7, 11) is 0. The summed E-state index contributed by atoms with van der Waals surface area (Å²) in [5.41, 5.74) is 8.83. The van der Waals surface area contributed by atoms with Crippen LogP contribution in [-0.4, -0.2) is 10.8 Å². The summed E-state index contributed by atoms with van der Waals surface area (Å²) < 4.78 is 1.05. The van der Waals surface area contributed by atoms with Gasteiger partial charge in [0.1, 0.15) is 0 Å². The first-order chi connectivity index (χ1) is 6.65. The molecule has 14 heavy (non-hydrogen) atoms. The number of nitrogens with zero attached hydrogens (tertiary/aromatic N) is 1. The van der Waals surface area contributed by atoms with E-state index in [-0.39, 0.29) is 5.11 Å². The predicted octanol–water partition coefficient (Wildman–Crippen LogP) is 2.46. The molecule has 0 aliphatic rings. The van der Waals surface area contributed by atoms with Crippen LogP contribution in [0, 0.1) is 0 Å². The minimum atomic E-state index is 0.184. The average molecular weight is 292 g/mol. The fraction of sp³-hybridized carbons (Fsp3) is 0.250. The summed E-state index contributed by atoms with van der Waals surface area (Å²) in [5, 5.41) is 6.32. The van der Waals surface area contributed by atoms with E-state index < -0.39 is 0 Å². The van der Waals surface area contributed by atoms with Crippen molar-refractivity contribution in [3.05, 3.63) is 20.8 Å². The molecule has 0 bridgehead atoms. The van der Waals surface area contributed by atoms with Crippen molar-refractivity contribution in [2.75, 3.05) is 0 Å². The van der Waals surface area contributed by atoms with Gasteiger partial charge in [0.2, 0.25) is 0 Å². The smallest absolute Gasteiger partial charge is 0.184 e. The third-order valence-electron chi connectivity index (χ3n) is 1.52. The number of hydrazone groups is 1. The topological polar surface area (TPSA) is 50.4 Å². The molecule has 0 spiro atoms. The first-order valence-corrected chi connectivity index (χ1v) is 6.08. The van der Waals surface area contributed by atoms with Gasteiger partial charge in [-0.3, -0.25) is 5.43 Å². The monoisotopic (exact) mass is 291 g/mol. The van der Waals surface area contributed by atoms with Gasteiger partial charge in [-0.1, -0.05) is 6.92 Å². The molecule has 76 valence electrons. The van der Waals surface area contributed by atoms with Crippen molar-refractivity contribution in [1.82, 2.24) is 5.43 Å². The van der Waals surface area contributed by atoms with Gasteiger partial charge in [0, 0.05) is 4.47 Å². The molecule has 0 saturated carbocycles. The van der Waals surface area contributed by atoms with Crippen LogP contribution in [0.5, 0.6) is 0 Å². The Balaban J connectivity index is 2.87. The number of halogens is 1. The Bertz CT molecular complexity index is 359. The van der Waals surface area contributed by atoms with E-state index in [0.29, 0.717) is 0 Å². The molecule has 1 rings (SSSR count). The standard InChI is InChI=1S/C8H10BrN3S2/c1-2-6(11-12-8(10)13)7-5(9)3-4-14-7/h3-4H,2H2,1H3,(H3,10,12,13). The molecule has 3 nitrogen and oxygen atoms in total. The van der Waals surface area contributed by atoms with Crippen molar-refractivity contribution >= 4 is 50.3 Å². The summed E-state index contributed by atoms with van der Waals surface area (Å²) >= 11 is 9.76. The number of thiocarbonyl (C=S) groups is 1. The molecule has 0 atom stereocenters. The molecule has 0 fully saturated rings. The second kappa shape index (κ2) is 5.43.